The number of halogens is 2. The summed E-state index contributed by atoms with van der Waals surface area (Å²) in [5, 5.41) is 3.98. The summed E-state index contributed by atoms with van der Waals surface area (Å²) in [5.41, 5.74) is 1.38. The van der Waals surface area contributed by atoms with Crippen LogP contribution in [0, 0.1) is 5.82 Å². The first-order valence-electron chi connectivity index (χ1n) is 13.3. The van der Waals surface area contributed by atoms with Crippen molar-refractivity contribution in [1.29, 1.82) is 0 Å². The molecule has 5 rings (SSSR count). The molecule has 1 saturated heterocycles. The Hall–Kier alpha value is -3.37. The van der Waals surface area contributed by atoms with E-state index in [0.29, 0.717) is 17.2 Å². The molecule has 1 saturated carbocycles. The van der Waals surface area contributed by atoms with Gasteiger partial charge in [0.25, 0.3) is 0 Å². The van der Waals surface area contributed by atoms with E-state index in [9.17, 15) is 9.18 Å². The van der Waals surface area contributed by atoms with E-state index in [-0.39, 0.29) is 29.9 Å². The second kappa shape index (κ2) is 12.2. The van der Waals surface area contributed by atoms with Gasteiger partial charge in [-0.15, -0.1) is 0 Å². The lowest BCUT2D eigenvalue weighted by Gasteiger charge is -2.39. The maximum atomic E-state index is 13.5. The molecular weight excluding hydrogens is 523 g/mol. The van der Waals surface area contributed by atoms with Crippen molar-refractivity contribution in [1.82, 2.24) is 24.7 Å². The number of likely N-dealkylation sites (N-methyl/N-ethyl adjacent to an activating group) is 1. The van der Waals surface area contributed by atoms with Gasteiger partial charge in [-0.3, -0.25) is 0 Å². The first-order valence-corrected chi connectivity index (χ1v) is 13.7. The van der Waals surface area contributed by atoms with Crippen LogP contribution >= 0.6 is 11.6 Å². The summed E-state index contributed by atoms with van der Waals surface area (Å²) >= 11 is 5.88. The number of benzene rings is 2. The SMILES string of the molecule is CN1CCN(C(=O)N(C)C2CCC(Oc3cc4cncnc4cc3OCNc3ccc(F)c(Cl)c3)CC2)CC1. The fraction of sp³-hybridized carbons (Fsp3) is 0.464. The predicted octanol–water partition coefficient (Wildman–Crippen LogP) is 4.86. The molecule has 0 spiro atoms. The van der Waals surface area contributed by atoms with Crippen LogP contribution in [-0.2, 0) is 0 Å². The smallest absolute Gasteiger partial charge is 0.320 e. The highest BCUT2D eigenvalue weighted by Gasteiger charge is 2.31. The lowest BCUT2D eigenvalue weighted by molar-refractivity contribution is 0.0843. The Morgan fingerprint density at radius 3 is 2.64 bits per heavy atom. The molecule has 2 amide bonds. The van der Waals surface area contributed by atoms with Crippen LogP contribution in [-0.4, -0.2) is 89.8 Å². The Kier molecular flexibility index (Phi) is 8.52. The summed E-state index contributed by atoms with van der Waals surface area (Å²) < 4.78 is 26.0. The summed E-state index contributed by atoms with van der Waals surface area (Å²) in [7, 11) is 4.01. The number of carbonyl (C=O) groups excluding carboxylic acids is 1. The number of nitrogens with one attached hydrogen (secondary N) is 1. The molecule has 2 aliphatic rings. The molecule has 0 radical (unpaired) electrons. The van der Waals surface area contributed by atoms with Crippen LogP contribution in [0.3, 0.4) is 0 Å². The van der Waals surface area contributed by atoms with Gasteiger partial charge in [0, 0.05) is 62.6 Å². The summed E-state index contributed by atoms with van der Waals surface area (Å²) in [6.45, 7) is 3.50. The van der Waals surface area contributed by atoms with Crippen molar-refractivity contribution in [2.24, 2.45) is 0 Å². The van der Waals surface area contributed by atoms with Crippen LogP contribution < -0.4 is 14.8 Å². The minimum atomic E-state index is -0.474. The highest BCUT2D eigenvalue weighted by molar-refractivity contribution is 6.31. The molecule has 208 valence electrons. The molecule has 2 aromatic carbocycles. The Balaban J connectivity index is 1.20. The zero-order valence-electron chi connectivity index (χ0n) is 22.3. The molecule has 1 aliphatic heterocycles. The second-order valence-corrected chi connectivity index (χ2v) is 10.6. The van der Waals surface area contributed by atoms with Gasteiger partial charge in [0.15, 0.2) is 18.2 Å². The third-order valence-corrected chi connectivity index (χ3v) is 7.84. The second-order valence-electron chi connectivity index (χ2n) is 10.2. The van der Waals surface area contributed by atoms with Crippen molar-refractivity contribution >= 4 is 34.2 Å². The molecule has 2 heterocycles. The molecule has 0 bridgehead atoms. The normalized spacial score (nSPS) is 20.1. The zero-order chi connectivity index (χ0) is 27.4. The lowest BCUT2D eigenvalue weighted by Crippen LogP contribution is -2.53. The third kappa shape index (κ3) is 6.62. The average molecular weight is 557 g/mol. The number of aromatic nitrogens is 2. The molecule has 1 aromatic heterocycles. The van der Waals surface area contributed by atoms with E-state index in [4.69, 9.17) is 21.1 Å². The summed E-state index contributed by atoms with van der Waals surface area (Å²) in [6, 6.07) is 8.46. The molecule has 11 heteroatoms. The largest absolute Gasteiger partial charge is 0.487 e. The van der Waals surface area contributed by atoms with Crippen LogP contribution in [0.5, 0.6) is 11.5 Å². The van der Waals surface area contributed by atoms with Crippen molar-refractivity contribution in [3.8, 4) is 11.5 Å². The number of ether oxygens (including phenoxy) is 2. The van der Waals surface area contributed by atoms with E-state index < -0.39 is 5.82 Å². The van der Waals surface area contributed by atoms with E-state index in [1.54, 1.807) is 12.3 Å². The number of fused-ring (bicyclic) bond motifs is 1. The van der Waals surface area contributed by atoms with E-state index in [2.05, 4.69) is 27.2 Å². The number of urea groups is 1. The van der Waals surface area contributed by atoms with E-state index in [0.717, 1.165) is 62.8 Å². The maximum Gasteiger partial charge on any atom is 0.320 e. The molecule has 3 aromatic rings. The van der Waals surface area contributed by atoms with Crippen molar-refractivity contribution in [2.45, 2.75) is 37.8 Å². The van der Waals surface area contributed by atoms with Gasteiger partial charge >= 0.3 is 6.03 Å². The van der Waals surface area contributed by atoms with E-state index in [1.807, 2.05) is 29.0 Å². The number of carbonyl (C=O) groups is 1. The number of anilines is 1. The fourth-order valence-corrected chi connectivity index (χ4v) is 5.28. The van der Waals surface area contributed by atoms with Gasteiger partial charge in [-0.25, -0.2) is 19.2 Å². The maximum absolute atomic E-state index is 13.5. The summed E-state index contributed by atoms with van der Waals surface area (Å²) in [6.07, 6.45) is 6.66. The van der Waals surface area contributed by atoms with Gasteiger partial charge in [-0.05, 0) is 57.0 Å². The minimum absolute atomic E-state index is 0.00156. The first-order chi connectivity index (χ1) is 18.9. The van der Waals surface area contributed by atoms with Crippen LogP contribution in [0.15, 0.2) is 42.9 Å². The van der Waals surface area contributed by atoms with Crippen molar-refractivity contribution in [3.63, 3.8) is 0 Å². The first kappa shape index (κ1) is 27.2. The van der Waals surface area contributed by atoms with Crippen LogP contribution in [0.1, 0.15) is 25.7 Å². The van der Waals surface area contributed by atoms with Crippen LogP contribution in [0.2, 0.25) is 5.02 Å². The summed E-state index contributed by atoms with van der Waals surface area (Å²) in [4.78, 5) is 27.6. The number of piperazine rings is 1. The number of rotatable bonds is 7. The molecule has 1 aliphatic carbocycles. The average Bonchev–Trinajstić information content (AvgIpc) is 2.95. The molecule has 1 N–H and O–H groups in total. The van der Waals surface area contributed by atoms with Gasteiger partial charge in [0.05, 0.1) is 16.6 Å². The molecule has 0 atom stereocenters. The van der Waals surface area contributed by atoms with Crippen LogP contribution in [0.25, 0.3) is 10.9 Å². The van der Waals surface area contributed by atoms with Gasteiger partial charge < -0.3 is 29.5 Å². The highest BCUT2D eigenvalue weighted by atomic mass is 35.5. The third-order valence-electron chi connectivity index (χ3n) is 7.55. The van der Waals surface area contributed by atoms with E-state index >= 15 is 0 Å². The Labute approximate surface area is 232 Å². The standard InChI is InChI=1S/C28H34ClFN6O3/c1-34-9-11-36(12-10-34)28(37)35(2)21-4-6-22(7-5-21)39-27-13-19-16-31-17-32-25(19)15-26(27)38-18-33-20-3-8-24(30)23(29)14-20/h3,8,13-17,21-22,33H,4-7,9-12,18H2,1-2H3. The summed E-state index contributed by atoms with van der Waals surface area (Å²) in [5.74, 6) is 0.686. The Bertz CT molecular complexity index is 1300. The van der Waals surface area contributed by atoms with Crippen LogP contribution in [0.4, 0.5) is 14.9 Å². The lowest BCUT2D eigenvalue weighted by atomic mass is 9.92. The number of hydrogen-bond donors (Lipinski definition) is 1. The Morgan fingerprint density at radius 2 is 1.90 bits per heavy atom. The molecule has 9 nitrogen and oxygen atoms in total. The zero-order valence-corrected chi connectivity index (χ0v) is 23.0. The Morgan fingerprint density at radius 1 is 1.13 bits per heavy atom. The van der Waals surface area contributed by atoms with Gasteiger partial charge in [0.2, 0.25) is 0 Å². The minimum Gasteiger partial charge on any atom is -0.487 e. The molecular formula is C28H34ClFN6O3. The van der Waals surface area contributed by atoms with Crippen molar-refractivity contribution in [3.05, 3.63) is 53.7 Å². The van der Waals surface area contributed by atoms with Crippen molar-refractivity contribution in [2.75, 3.05) is 52.3 Å². The predicted molar refractivity (Wildman–Crippen MR) is 149 cm³/mol. The molecule has 0 unspecified atom stereocenters. The van der Waals surface area contributed by atoms with Crippen molar-refractivity contribution < 1.29 is 18.7 Å². The van der Waals surface area contributed by atoms with Gasteiger partial charge in [-0.2, -0.15) is 0 Å². The fourth-order valence-electron chi connectivity index (χ4n) is 5.10. The quantitative estimate of drug-likeness (QED) is 0.416. The van der Waals surface area contributed by atoms with E-state index in [1.165, 1.54) is 18.5 Å². The number of nitrogens with zero attached hydrogens (tertiary/aromatic N) is 5. The molecule has 39 heavy (non-hydrogen) atoms. The topological polar surface area (TPSA) is 83.1 Å². The molecule has 2 fully saturated rings. The monoisotopic (exact) mass is 556 g/mol. The number of amides is 2. The number of hydrogen-bond acceptors (Lipinski definition) is 7. The van der Waals surface area contributed by atoms with Gasteiger partial charge in [0.1, 0.15) is 12.1 Å². The van der Waals surface area contributed by atoms with Gasteiger partial charge in [-0.1, -0.05) is 11.6 Å². The highest BCUT2D eigenvalue weighted by Crippen LogP contribution is 2.35.